The number of piperidine rings is 1. The molecule has 1 aliphatic heterocycles. The van der Waals surface area contributed by atoms with Crippen LogP contribution in [0.5, 0.6) is 0 Å². The first-order chi connectivity index (χ1) is 9.63. The van der Waals surface area contributed by atoms with Gasteiger partial charge in [-0.1, -0.05) is 0 Å². The van der Waals surface area contributed by atoms with Gasteiger partial charge in [0.05, 0.1) is 0 Å². The van der Waals surface area contributed by atoms with Crippen molar-refractivity contribution in [2.75, 3.05) is 6.54 Å². The van der Waals surface area contributed by atoms with Crippen LogP contribution in [0.2, 0.25) is 0 Å². The number of carbonyl (C=O) groups excluding carboxylic acids is 1. The summed E-state index contributed by atoms with van der Waals surface area (Å²) in [6.45, 7) is 3.27. The van der Waals surface area contributed by atoms with Crippen LogP contribution in [0, 0.1) is 23.2 Å². The average molecular weight is 276 g/mol. The van der Waals surface area contributed by atoms with E-state index in [4.69, 9.17) is 0 Å². The molecule has 5 aliphatic rings. The van der Waals surface area contributed by atoms with Gasteiger partial charge in [-0.15, -0.1) is 0 Å². The lowest BCUT2D eigenvalue weighted by molar-refractivity contribution is -0.147. The standard InChI is InChI=1S/C17H28N2O/c1-11-4-15(2-3-18-11)19-16(20)17-8-12-5-13(9-17)7-14(6-12)10-17/h11-15,18H,2-10H2,1H3,(H,19,20). The topological polar surface area (TPSA) is 41.1 Å². The summed E-state index contributed by atoms with van der Waals surface area (Å²) >= 11 is 0. The second-order valence-electron chi connectivity index (χ2n) is 8.25. The number of carbonyl (C=O) groups is 1. The first kappa shape index (κ1) is 13.1. The minimum Gasteiger partial charge on any atom is -0.353 e. The summed E-state index contributed by atoms with van der Waals surface area (Å²) in [5.74, 6) is 2.99. The molecule has 4 bridgehead atoms. The summed E-state index contributed by atoms with van der Waals surface area (Å²) in [7, 11) is 0. The Morgan fingerprint density at radius 2 is 1.65 bits per heavy atom. The van der Waals surface area contributed by atoms with Crippen molar-refractivity contribution in [3.05, 3.63) is 0 Å². The van der Waals surface area contributed by atoms with Gasteiger partial charge in [-0.3, -0.25) is 4.79 Å². The van der Waals surface area contributed by atoms with Crippen LogP contribution in [0.3, 0.4) is 0 Å². The second-order valence-corrected chi connectivity index (χ2v) is 8.25. The van der Waals surface area contributed by atoms with Gasteiger partial charge in [0, 0.05) is 17.5 Å². The highest BCUT2D eigenvalue weighted by Gasteiger charge is 2.54. The van der Waals surface area contributed by atoms with Gasteiger partial charge >= 0.3 is 0 Å². The van der Waals surface area contributed by atoms with Crippen LogP contribution >= 0.6 is 0 Å². The maximum absolute atomic E-state index is 12.9. The Hall–Kier alpha value is -0.570. The Labute approximate surface area is 122 Å². The minimum absolute atomic E-state index is 0.0306. The predicted molar refractivity (Wildman–Crippen MR) is 79.2 cm³/mol. The van der Waals surface area contributed by atoms with Crippen molar-refractivity contribution in [2.45, 2.75) is 70.4 Å². The van der Waals surface area contributed by atoms with E-state index < -0.39 is 0 Å². The Morgan fingerprint density at radius 1 is 1.05 bits per heavy atom. The van der Waals surface area contributed by atoms with Crippen LogP contribution in [0.4, 0.5) is 0 Å². The minimum atomic E-state index is 0.0306. The SMILES string of the molecule is CC1CC(NC(=O)C23CC4CC(CC(C4)C2)C3)CCN1. The Morgan fingerprint density at radius 3 is 2.20 bits per heavy atom. The van der Waals surface area contributed by atoms with E-state index in [-0.39, 0.29) is 5.41 Å². The first-order valence-corrected chi connectivity index (χ1v) is 8.67. The van der Waals surface area contributed by atoms with Crippen molar-refractivity contribution in [3.8, 4) is 0 Å². The van der Waals surface area contributed by atoms with Crippen LogP contribution in [-0.4, -0.2) is 24.5 Å². The number of nitrogens with one attached hydrogen (secondary N) is 2. The molecule has 1 saturated heterocycles. The zero-order chi connectivity index (χ0) is 13.7. The van der Waals surface area contributed by atoms with Gasteiger partial charge in [-0.05, 0) is 82.6 Å². The molecule has 4 aliphatic carbocycles. The third-order valence-electron chi connectivity index (χ3n) is 6.48. The van der Waals surface area contributed by atoms with Crippen molar-refractivity contribution >= 4 is 5.91 Å². The molecule has 3 heteroatoms. The lowest BCUT2D eigenvalue weighted by Crippen LogP contribution is -2.56. The van der Waals surface area contributed by atoms with E-state index >= 15 is 0 Å². The van der Waals surface area contributed by atoms with Gasteiger partial charge in [0.1, 0.15) is 0 Å². The van der Waals surface area contributed by atoms with E-state index in [1.54, 1.807) is 0 Å². The van der Waals surface area contributed by atoms with Crippen LogP contribution in [0.1, 0.15) is 58.3 Å². The Bertz CT molecular complexity index is 371. The van der Waals surface area contributed by atoms with Crippen molar-refractivity contribution in [1.82, 2.24) is 10.6 Å². The quantitative estimate of drug-likeness (QED) is 0.813. The van der Waals surface area contributed by atoms with E-state index in [0.717, 1.165) is 37.1 Å². The van der Waals surface area contributed by atoms with E-state index in [9.17, 15) is 4.79 Å². The average Bonchev–Trinajstić information content (AvgIpc) is 2.37. The van der Waals surface area contributed by atoms with E-state index in [1.807, 2.05) is 0 Å². The maximum Gasteiger partial charge on any atom is 0.226 e. The van der Waals surface area contributed by atoms with Gasteiger partial charge in [0.2, 0.25) is 5.91 Å². The van der Waals surface area contributed by atoms with E-state index in [1.165, 1.54) is 38.5 Å². The van der Waals surface area contributed by atoms with Crippen molar-refractivity contribution in [2.24, 2.45) is 23.2 Å². The molecule has 5 rings (SSSR count). The molecule has 2 atom stereocenters. The summed E-state index contributed by atoms with van der Waals surface area (Å²) in [4.78, 5) is 12.9. The van der Waals surface area contributed by atoms with Gasteiger partial charge in [-0.2, -0.15) is 0 Å². The van der Waals surface area contributed by atoms with Gasteiger partial charge < -0.3 is 10.6 Å². The van der Waals surface area contributed by atoms with E-state index in [0.29, 0.717) is 18.0 Å². The lowest BCUT2D eigenvalue weighted by atomic mass is 9.49. The molecule has 0 aromatic carbocycles. The molecule has 4 saturated carbocycles. The monoisotopic (exact) mass is 276 g/mol. The predicted octanol–water partition coefficient (Wildman–Crippen LogP) is 2.46. The zero-order valence-corrected chi connectivity index (χ0v) is 12.7. The number of rotatable bonds is 2. The van der Waals surface area contributed by atoms with Crippen LogP contribution in [0.15, 0.2) is 0 Å². The number of amides is 1. The molecule has 0 aromatic heterocycles. The number of hydrogen-bond acceptors (Lipinski definition) is 2. The van der Waals surface area contributed by atoms with Gasteiger partial charge in [0.25, 0.3) is 0 Å². The molecule has 112 valence electrons. The maximum atomic E-state index is 12.9. The van der Waals surface area contributed by atoms with E-state index in [2.05, 4.69) is 17.6 Å². The smallest absolute Gasteiger partial charge is 0.226 e. The zero-order valence-electron chi connectivity index (χ0n) is 12.7. The Balaban J connectivity index is 1.45. The molecule has 2 N–H and O–H groups in total. The summed E-state index contributed by atoms with van der Waals surface area (Å²) < 4.78 is 0. The normalized spacial score (nSPS) is 50.1. The third kappa shape index (κ3) is 2.18. The summed E-state index contributed by atoms with van der Waals surface area (Å²) in [6.07, 6.45) is 9.99. The lowest BCUT2D eigenvalue weighted by Gasteiger charge is -2.56. The molecule has 2 unspecified atom stereocenters. The highest BCUT2D eigenvalue weighted by molar-refractivity contribution is 5.83. The van der Waals surface area contributed by atoms with Crippen LogP contribution in [0.25, 0.3) is 0 Å². The molecule has 1 amide bonds. The molecular weight excluding hydrogens is 248 g/mol. The molecule has 5 fully saturated rings. The molecular formula is C17H28N2O. The van der Waals surface area contributed by atoms with Crippen molar-refractivity contribution in [1.29, 1.82) is 0 Å². The molecule has 20 heavy (non-hydrogen) atoms. The summed E-state index contributed by atoms with van der Waals surface area (Å²) in [6, 6.07) is 0.956. The molecule has 0 aromatic rings. The fourth-order valence-electron chi connectivity index (χ4n) is 5.99. The van der Waals surface area contributed by atoms with Gasteiger partial charge in [-0.25, -0.2) is 0 Å². The molecule has 3 nitrogen and oxygen atoms in total. The van der Waals surface area contributed by atoms with Crippen molar-refractivity contribution < 1.29 is 4.79 Å². The molecule has 1 heterocycles. The van der Waals surface area contributed by atoms with Crippen molar-refractivity contribution in [3.63, 3.8) is 0 Å². The summed E-state index contributed by atoms with van der Waals surface area (Å²) in [5.41, 5.74) is 0.0306. The largest absolute Gasteiger partial charge is 0.353 e. The summed E-state index contributed by atoms with van der Waals surface area (Å²) in [5, 5.41) is 6.90. The third-order valence-corrected chi connectivity index (χ3v) is 6.48. The van der Waals surface area contributed by atoms with Crippen LogP contribution in [-0.2, 0) is 4.79 Å². The first-order valence-electron chi connectivity index (χ1n) is 8.67. The Kier molecular flexibility index (Phi) is 3.10. The molecule has 0 spiro atoms. The second kappa shape index (κ2) is 4.72. The fourth-order valence-corrected chi connectivity index (χ4v) is 5.99. The highest BCUT2D eigenvalue weighted by atomic mass is 16.2. The molecule has 0 radical (unpaired) electrons. The highest BCUT2D eigenvalue weighted by Crippen LogP contribution is 2.60. The van der Waals surface area contributed by atoms with Crippen LogP contribution < -0.4 is 10.6 Å². The fraction of sp³-hybridized carbons (Fsp3) is 0.941. The number of hydrogen-bond donors (Lipinski definition) is 2. The van der Waals surface area contributed by atoms with Gasteiger partial charge in [0.15, 0.2) is 0 Å².